The summed E-state index contributed by atoms with van der Waals surface area (Å²) in [6.45, 7) is 4.00. The smallest absolute Gasteiger partial charge is 0.119 e. The van der Waals surface area contributed by atoms with Crippen molar-refractivity contribution in [2.24, 2.45) is 0 Å². The topological polar surface area (TPSA) is 17.4 Å². The zero-order chi connectivity index (χ0) is 14.7. The predicted molar refractivity (Wildman–Crippen MR) is 85.6 cm³/mol. The Balaban J connectivity index is 0.000000704. The van der Waals surface area contributed by atoms with Gasteiger partial charge in [0.2, 0.25) is 0 Å². The molecule has 0 N–H and O–H groups in total. The van der Waals surface area contributed by atoms with Gasteiger partial charge in [-0.25, -0.2) is 0 Å². The van der Waals surface area contributed by atoms with Crippen molar-refractivity contribution in [1.29, 1.82) is 0 Å². The number of fused-ring (bicyclic) bond motifs is 1. The molecule has 3 heteroatoms. The minimum absolute atomic E-state index is 0.656. The first-order valence-corrected chi connectivity index (χ1v) is 7.50. The van der Waals surface area contributed by atoms with Crippen LogP contribution >= 0.6 is 0 Å². The minimum Gasteiger partial charge on any atom is -0.497 e. The highest BCUT2D eigenvalue weighted by molar-refractivity contribution is 5.81. The van der Waals surface area contributed by atoms with Crippen LogP contribution in [0, 0.1) is 0 Å². The third-order valence-electron chi connectivity index (χ3n) is 4.14. The maximum atomic E-state index is 5.26. The van der Waals surface area contributed by atoms with E-state index < -0.39 is 0 Å². The Labute approximate surface area is 122 Å². The van der Waals surface area contributed by atoms with E-state index in [0.29, 0.717) is 6.04 Å². The largest absolute Gasteiger partial charge is 0.497 e. The summed E-state index contributed by atoms with van der Waals surface area (Å²) < 4.78 is 7.68. The molecule has 0 bridgehead atoms. The highest BCUT2D eigenvalue weighted by Crippen LogP contribution is 2.37. The summed E-state index contributed by atoms with van der Waals surface area (Å²) in [6.07, 6.45) is 4.71. The van der Waals surface area contributed by atoms with Gasteiger partial charge in [0, 0.05) is 29.2 Å². The lowest BCUT2D eigenvalue weighted by molar-refractivity contribution is 0.132. The summed E-state index contributed by atoms with van der Waals surface area (Å²) in [4.78, 5) is 2.32. The fourth-order valence-corrected chi connectivity index (χ4v) is 2.80. The number of hydrogen-bond acceptors (Lipinski definition) is 2. The van der Waals surface area contributed by atoms with Crippen LogP contribution in [0.3, 0.4) is 0 Å². The zero-order valence-corrected chi connectivity index (χ0v) is 13.3. The van der Waals surface area contributed by atoms with E-state index in [2.05, 4.69) is 48.0 Å². The molecule has 1 fully saturated rings. The van der Waals surface area contributed by atoms with Gasteiger partial charge in [0.25, 0.3) is 0 Å². The van der Waals surface area contributed by atoms with E-state index in [1.54, 1.807) is 7.11 Å². The first-order valence-electron chi connectivity index (χ1n) is 7.50. The van der Waals surface area contributed by atoms with Crippen molar-refractivity contribution in [2.45, 2.75) is 38.8 Å². The Morgan fingerprint density at radius 3 is 2.45 bits per heavy atom. The molecular weight excluding hydrogens is 248 g/mol. The molecule has 0 amide bonds. The summed E-state index contributed by atoms with van der Waals surface area (Å²) in [7, 11) is 6.05. The molecule has 3 rings (SSSR count). The van der Waals surface area contributed by atoms with Crippen molar-refractivity contribution < 1.29 is 4.74 Å². The molecular formula is C17H26N2O. The second-order valence-corrected chi connectivity index (χ2v) is 5.39. The third kappa shape index (κ3) is 2.68. The van der Waals surface area contributed by atoms with Crippen LogP contribution in [0.1, 0.15) is 32.7 Å². The van der Waals surface area contributed by atoms with Crippen LogP contribution in [0.2, 0.25) is 0 Å². The fraction of sp³-hybridized carbons (Fsp3) is 0.529. The number of nitrogens with zero attached hydrogens (tertiary/aromatic N) is 2. The van der Waals surface area contributed by atoms with E-state index in [4.69, 9.17) is 4.74 Å². The quantitative estimate of drug-likeness (QED) is 0.843. The molecule has 0 radical (unpaired) electrons. The highest BCUT2D eigenvalue weighted by atomic mass is 16.5. The van der Waals surface area contributed by atoms with Crippen LogP contribution in [-0.2, 0) is 0 Å². The predicted octanol–water partition coefficient (Wildman–Crippen LogP) is 3.94. The van der Waals surface area contributed by atoms with Crippen LogP contribution in [0.4, 0.5) is 0 Å². The molecule has 1 aliphatic rings. The van der Waals surface area contributed by atoms with E-state index >= 15 is 0 Å². The Kier molecular flexibility index (Phi) is 4.71. The molecule has 0 atom stereocenters. The van der Waals surface area contributed by atoms with Crippen molar-refractivity contribution in [1.82, 2.24) is 9.47 Å². The molecule has 20 heavy (non-hydrogen) atoms. The average molecular weight is 274 g/mol. The second kappa shape index (κ2) is 6.31. The molecule has 1 heterocycles. The maximum absolute atomic E-state index is 5.26. The van der Waals surface area contributed by atoms with Gasteiger partial charge >= 0.3 is 0 Å². The first-order chi connectivity index (χ1) is 9.69. The highest BCUT2D eigenvalue weighted by Gasteiger charge is 2.32. The van der Waals surface area contributed by atoms with E-state index in [0.717, 1.165) is 11.8 Å². The van der Waals surface area contributed by atoms with Crippen molar-refractivity contribution in [3.63, 3.8) is 0 Å². The van der Waals surface area contributed by atoms with Crippen LogP contribution in [0.15, 0.2) is 30.5 Å². The van der Waals surface area contributed by atoms with Gasteiger partial charge in [-0.1, -0.05) is 13.8 Å². The molecule has 1 aliphatic carbocycles. The first kappa shape index (κ1) is 14.9. The van der Waals surface area contributed by atoms with E-state index in [-0.39, 0.29) is 0 Å². The molecule has 2 aromatic rings. The number of aromatic nitrogens is 1. The summed E-state index contributed by atoms with van der Waals surface area (Å²) in [5.74, 6) is 0.931. The standard InChI is InChI=1S/C15H20N2O.C2H6/c1-16(2)12-9-13(10-12)17-7-6-11-8-14(18-3)4-5-15(11)17;1-2/h4-8,12-13H,9-10H2,1-3H3;1-2H3. The lowest BCUT2D eigenvalue weighted by Gasteiger charge is -2.40. The maximum Gasteiger partial charge on any atom is 0.119 e. The molecule has 3 nitrogen and oxygen atoms in total. The fourth-order valence-electron chi connectivity index (χ4n) is 2.80. The Morgan fingerprint density at radius 2 is 1.85 bits per heavy atom. The summed E-state index contributed by atoms with van der Waals surface area (Å²) in [6, 6.07) is 9.89. The normalized spacial score (nSPS) is 21.3. The van der Waals surface area contributed by atoms with Gasteiger partial charge in [-0.15, -0.1) is 0 Å². The van der Waals surface area contributed by atoms with Gasteiger partial charge < -0.3 is 14.2 Å². The van der Waals surface area contributed by atoms with Gasteiger partial charge in [-0.05, 0) is 51.2 Å². The van der Waals surface area contributed by atoms with Crippen LogP contribution in [-0.4, -0.2) is 36.7 Å². The molecule has 110 valence electrons. The SMILES string of the molecule is CC.COc1ccc2c(ccn2C2CC(N(C)C)C2)c1. The average Bonchev–Trinajstić information content (AvgIpc) is 2.82. The number of rotatable bonds is 3. The van der Waals surface area contributed by atoms with E-state index in [1.807, 2.05) is 19.9 Å². The molecule has 0 spiro atoms. The van der Waals surface area contributed by atoms with Crippen molar-refractivity contribution in [3.05, 3.63) is 30.5 Å². The molecule has 1 aromatic carbocycles. The summed E-state index contributed by atoms with van der Waals surface area (Å²) >= 11 is 0. The third-order valence-corrected chi connectivity index (χ3v) is 4.14. The van der Waals surface area contributed by atoms with E-state index in [9.17, 15) is 0 Å². The zero-order valence-electron chi connectivity index (χ0n) is 13.3. The molecule has 1 aromatic heterocycles. The number of methoxy groups -OCH3 is 1. The van der Waals surface area contributed by atoms with Gasteiger partial charge in [-0.3, -0.25) is 0 Å². The van der Waals surface area contributed by atoms with Crippen molar-refractivity contribution >= 4 is 10.9 Å². The van der Waals surface area contributed by atoms with Crippen LogP contribution in [0.25, 0.3) is 10.9 Å². The number of benzene rings is 1. The number of hydrogen-bond donors (Lipinski definition) is 0. The van der Waals surface area contributed by atoms with Gasteiger partial charge in [0.15, 0.2) is 0 Å². The number of ether oxygens (including phenoxy) is 1. The minimum atomic E-state index is 0.656. The molecule has 1 saturated carbocycles. The van der Waals surface area contributed by atoms with Crippen molar-refractivity contribution in [3.8, 4) is 5.75 Å². The van der Waals surface area contributed by atoms with Gasteiger partial charge in [0.05, 0.1) is 7.11 Å². The van der Waals surface area contributed by atoms with Gasteiger partial charge in [0.1, 0.15) is 5.75 Å². The summed E-state index contributed by atoms with van der Waals surface area (Å²) in [5.41, 5.74) is 1.32. The van der Waals surface area contributed by atoms with Crippen molar-refractivity contribution in [2.75, 3.05) is 21.2 Å². The Morgan fingerprint density at radius 1 is 1.15 bits per heavy atom. The Hall–Kier alpha value is -1.48. The second-order valence-electron chi connectivity index (χ2n) is 5.39. The van der Waals surface area contributed by atoms with Crippen LogP contribution < -0.4 is 4.74 Å². The van der Waals surface area contributed by atoms with Gasteiger partial charge in [-0.2, -0.15) is 0 Å². The lowest BCUT2D eigenvalue weighted by atomic mass is 9.85. The van der Waals surface area contributed by atoms with Crippen LogP contribution in [0.5, 0.6) is 5.75 Å². The Bertz CT molecular complexity index is 553. The monoisotopic (exact) mass is 274 g/mol. The van der Waals surface area contributed by atoms with E-state index in [1.165, 1.54) is 23.7 Å². The molecule has 0 aliphatic heterocycles. The molecule has 0 unspecified atom stereocenters. The molecule has 0 saturated heterocycles. The lowest BCUT2D eigenvalue weighted by Crippen LogP contribution is -2.41. The summed E-state index contributed by atoms with van der Waals surface area (Å²) in [5, 5.41) is 1.27.